The first-order valence-electron chi connectivity index (χ1n) is 9.61. The summed E-state index contributed by atoms with van der Waals surface area (Å²) >= 11 is 0. The van der Waals surface area contributed by atoms with E-state index in [0.29, 0.717) is 32.6 Å². The maximum Gasteiger partial charge on any atom is 0.242 e. The van der Waals surface area contributed by atoms with E-state index in [1.807, 2.05) is 25.7 Å². The molecule has 142 valence electrons. The van der Waals surface area contributed by atoms with Gasteiger partial charge in [0.05, 0.1) is 6.54 Å². The van der Waals surface area contributed by atoms with Crippen molar-refractivity contribution in [3.8, 4) is 0 Å². The SMILES string of the molecule is CC(C)(C)C(=O)NCC(=O)N1CCN(C(=O)CCC2CCCC2)CC1. The van der Waals surface area contributed by atoms with Crippen molar-refractivity contribution in [1.29, 1.82) is 0 Å². The first-order valence-corrected chi connectivity index (χ1v) is 9.61. The largest absolute Gasteiger partial charge is 0.347 e. The Bertz CT molecular complexity index is 485. The van der Waals surface area contributed by atoms with Crippen molar-refractivity contribution in [2.75, 3.05) is 32.7 Å². The summed E-state index contributed by atoms with van der Waals surface area (Å²) < 4.78 is 0. The van der Waals surface area contributed by atoms with Gasteiger partial charge in [0.25, 0.3) is 0 Å². The van der Waals surface area contributed by atoms with Gasteiger partial charge in [0.15, 0.2) is 0 Å². The average Bonchev–Trinajstić information content (AvgIpc) is 3.10. The highest BCUT2D eigenvalue weighted by molar-refractivity contribution is 5.87. The van der Waals surface area contributed by atoms with Crippen molar-refractivity contribution in [2.45, 2.75) is 59.3 Å². The topological polar surface area (TPSA) is 69.7 Å². The zero-order valence-corrected chi connectivity index (χ0v) is 16.0. The molecule has 1 aliphatic carbocycles. The van der Waals surface area contributed by atoms with Crippen LogP contribution in [0.1, 0.15) is 59.3 Å². The second-order valence-electron chi connectivity index (χ2n) is 8.38. The Morgan fingerprint density at radius 1 is 0.920 bits per heavy atom. The van der Waals surface area contributed by atoms with Gasteiger partial charge in [-0.2, -0.15) is 0 Å². The molecule has 0 atom stereocenters. The lowest BCUT2D eigenvalue weighted by Gasteiger charge is -2.35. The summed E-state index contributed by atoms with van der Waals surface area (Å²) in [6.45, 7) is 7.81. The summed E-state index contributed by atoms with van der Waals surface area (Å²) in [4.78, 5) is 40.0. The monoisotopic (exact) mass is 351 g/mol. The normalized spacial score (nSPS) is 19.2. The van der Waals surface area contributed by atoms with Crippen LogP contribution in [0.15, 0.2) is 0 Å². The molecule has 0 bridgehead atoms. The van der Waals surface area contributed by atoms with Crippen LogP contribution in [0.25, 0.3) is 0 Å². The molecule has 2 rings (SSSR count). The first kappa shape index (κ1) is 19.7. The molecule has 0 unspecified atom stereocenters. The van der Waals surface area contributed by atoms with E-state index in [9.17, 15) is 14.4 Å². The highest BCUT2D eigenvalue weighted by Gasteiger charge is 2.26. The molecule has 6 nitrogen and oxygen atoms in total. The molecule has 2 aliphatic rings. The number of carbonyl (C=O) groups excluding carboxylic acids is 3. The molecule has 0 aromatic heterocycles. The summed E-state index contributed by atoms with van der Waals surface area (Å²) in [6.07, 6.45) is 6.82. The molecule has 0 radical (unpaired) electrons. The fourth-order valence-electron chi connectivity index (χ4n) is 3.52. The van der Waals surface area contributed by atoms with Gasteiger partial charge >= 0.3 is 0 Å². The van der Waals surface area contributed by atoms with Gasteiger partial charge in [-0.05, 0) is 12.3 Å². The van der Waals surface area contributed by atoms with Crippen molar-refractivity contribution in [2.24, 2.45) is 11.3 Å². The average molecular weight is 351 g/mol. The third-order valence-corrected chi connectivity index (χ3v) is 5.31. The second kappa shape index (κ2) is 8.68. The van der Waals surface area contributed by atoms with E-state index in [1.165, 1.54) is 25.7 Å². The number of nitrogens with zero attached hydrogens (tertiary/aromatic N) is 2. The number of rotatable bonds is 5. The van der Waals surface area contributed by atoms with Crippen molar-refractivity contribution < 1.29 is 14.4 Å². The molecular formula is C19H33N3O3. The van der Waals surface area contributed by atoms with Crippen molar-refractivity contribution in [3.05, 3.63) is 0 Å². The van der Waals surface area contributed by atoms with Gasteiger partial charge in [0, 0.05) is 38.0 Å². The third kappa shape index (κ3) is 6.01. The highest BCUT2D eigenvalue weighted by Crippen LogP contribution is 2.28. The fourth-order valence-corrected chi connectivity index (χ4v) is 3.52. The number of hydrogen-bond donors (Lipinski definition) is 1. The fraction of sp³-hybridized carbons (Fsp3) is 0.842. The molecule has 6 heteroatoms. The van der Waals surface area contributed by atoms with Gasteiger partial charge in [-0.15, -0.1) is 0 Å². The van der Waals surface area contributed by atoms with Gasteiger partial charge in [0.2, 0.25) is 17.7 Å². The van der Waals surface area contributed by atoms with Gasteiger partial charge in [-0.1, -0.05) is 46.5 Å². The maximum atomic E-state index is 12.3. The summed E-state index contributed by atoms with van der Waals surface area (Å²) in [5.41, 5.74) is -0.495. The summed E-state index contributed by atoms with van der Waals surface area (Å²) in [5.74, 6) is 0.760. The zero-order chi connectivity index (χ0) is 18.4. The molecule has 1 saturated carbocycles. The van der Waals surface area contributed by atoms with Crippen LogP contribution in [0.5, 0.6) is 0 Å². The number of piperazine rings is 1. The van der Waals surface area contributed by atoms with Crippen molar-refractivity contribution in [1.82, 2.24) is 15.1 Å². The lowest BCUT2D eigenvalue weighted by Crippen LogP contribution is -2.53. The Morgan fingerprint density at radius 3 is 1.96 bits per heavy atom. The summed E-state index contributed by atoms with van der Waals surface area (Å²) in [7, 11) is 0. The Labute approximate surface area is 151 Å². The molecule has 25 heavy (non-hydrogen) atoms. The molecule has 0 spiro atoms. The molecule has 1 saturated heterocycles. The minimum absolute atomic E-state index is 0.0335. The van der Waals surface area contributed by atoms with Crippen LogP contribution in [0.3, 0.4) is 0 Å². The quantitative estimate of drug-likeness (QED) is 0.821. The van der Waals surface area contributed by atoms with Gasteiger partial charge in [-0.3, -0.25) is 14.4 Å². The van der Waals surface area contributed by atoms with Gasteiger partial charge in [0.1, 0.15) is 0 Å². The van der Waals surface area contributed by atoms with E-state index in [1.54, 1.807) is 4.90 Å². The van der Waals surface area contributed by atoms with E-state index in [2.05, 4.69) is 5.32 Å². The van der Waals surface area contributed by atoms with Crippen molar-refractivity contribution in [3.63, 3.8) is 0 Å². The molecule has 2 fully saturated rings. The highest BCUT2D eigenvalue weighted by atomic mass is 16.2. The minimum Gasteiger partial charge on any atom is -0.347 e. The molecule has 1 N–H and O–H groups in total. The molecule has 0 aromatic carbocycles. The summed E-state index contributed by atoms with van der Waals surface area (Å²) in [5, 5.41) is 2.69. The number of carbonyl (C=O) groups is 3. The molecule has 0 aromatic rings. The minimum atomic E-state index is -0.495. The molecule has 1 aliphatic heterocycles. The Balaban J connectivity index is 1.67. The second-order valence-corrected chi connectivity index (χ2v) is 8.38. The van der Waals surface area contributed by atoms with Gasteiger partial charge in [-0.25, -0.2) is 0 Å². The zero-order valence-electron chi connectivity index (χ0n) is 16.0. The van der Waals surface area contributed by atoms with Crippen LogP contribution in [0.4, 0.5) is 0 Å². The first-order chi connectivity index (χ1) is 11.8. The Morgan fingerprint density at radius 2 is 1.44 bits per heavy atom. The van der Waals surface area contributed by atoms with Crippen LogP contribution < -0.4 is 5.32 Å². The van der Waals surface area contributed by atoms with E-state index in [0.717, 1.165) is 12.3 Å². The number of hydrogen-bond acceptors (Lipinski definition) is 3. The van der Waals surface area contributed by atoms with Crippen LogP contribution in [0, 0.1) is 11.3 Å². The van der Waals surface area contributed by atoms with E-state index in [4.69, 9.17) is 0 Å². The third-order valence-electron chi connectivity index (χ3n) is 5.31. The standard InChI is InChI=1S/C19H33N3O3/c1-19(2,3)18(25)20-14-17(24)22-12-10-21(11-13-22)16(23)9-8-15-6-4-5-7-15/h15H,4-14H2,1-3H3,(H,20,25). The molecular weight excluding hydrogens is 318 g/mol. The van der Waals surface area contributed by atoms with E-state index >= 15 is 0 Å². The lowest BCUT2D eigenvalue weighted by atomic mass is 9.96. The number of nitrogens with one attached hydrogen (secondary N) is 1. The van der Waals surface area contributed by atoms with E-state index in [-0.39, 0.29) is 24.3 Å². The van der Waals surface area contributed by atoms with E-state index < -0.39 is 5.41 Å². The number of amides is 3. The molecule has 3 amide bonds. The van der Waals surface area contributed by atoms with Gasteiger partial charge < -0.3 is 15.1 Å². The Kier molecular flexibility index (Phi) is 6.85. The van der Waals surface area contributed by atoms with Crippen LogP contribution >= 0.6 is 0 Å². The maximum absolute atomic E-state index is 12.3. The summed E-state index contributed by atoms with van der Waals surface area (Å²) in [6, 6.07) is 0. The van der Waals surface area contributed by atoms with Crippen LogP contribution in [-0.2, 0) is 14.4 Å². The Hall–Kier alpha value is -1.59. The molecule has 1 heterocycles. The van der Waals surface area contributed by atoms with Crippen molar-refractivity contribution >= 4 is 17.7 Å². The predicted molar refractivity (Wildman–Crippen MR) is 96.8 cm³/mol. The van der Waals surface area contributed by atoms with Crippen LogP contribution in [-0.4, -0.2) is 60.2 Å². The lowest BCUT2D eigenvalue weighted by molar-refractivity contribution is -0.140. The predicted octanol–water partition coefficient (Wildman–Crippen LogP) is 1.79. The van der Waals surface area contributed by atoms with Crippen LogP contribution in [0.2, 0.25) is 0 Å². The smallest absolute Gasteiger partial charge is 0.242 e.